The third kappa shape index (κ3) is 8.95. The van der Waals surface area contributed by atoms with Crippen LogP contribution in [-0.4, -0.2) is 23.5 Å². The standard InChI is InChI=1S/C25H31NO4/c1-19(26-24(28)30-25(2,3)4)23(27)13-9-8-10-20-14-16-22(17-15-20)29-18-21-11-6-5-7-12-21/h5-8,10-12,14-17,19H,9,13,18H2,1-4H3,(H,26,28). The van der Waals surface area contributed by atoms with E-state index in [9.17, 15) is 9.59 Å². The summed E-state index contributed by atoms with van der Waals surface area (Å²) in [6.07, 6.45) is 4.31. The summed E-state index contributed by atoms with van der Waals surface area (Å²) in [5, 5.41) is 2.58. The average Bonchev–Trinajstić information content (AvgIpc) is 2.69. The van der Waals surface area contributed by atoms with Crippen LogP contribution in [0.1, 0.15) is 51.7 Å². The van der Waals surface area contributed by atoms with E-state index >= 15 is 0 Å². The van der Waals surface area contributed by atoms with Gasteiger partial charge in [-0.3, -0.25) is 4.79 Å². The molecule has 5 nitrogen and oxygen atoms in total. The number of Topliss-reactive ketones (excluding diaryl/α,β-unsaturated/α-hetero) is 1. The lowest BCUT2D eigenvalue weighted by Crippen LogP contribution is -2.41. The fourth-order valence-electron chi connectivity index (χ4n) is 2.64. The molecule has 2 rings (SSSR count). The Hall–Kier alpha value is -3.08. The Morgan fingerprint density at radius 2 is 1.70 bits per heavy atom. The van der Waals surface area contributed by atoms with E-state index in [-0.39, 0.29) is 5.78 Å². The molecule has 0 saturated carbocycles. The minimum absolute atomic E-state index is 0.0323. The normalized spacial score (nSPS) is 12.4. The summed E-state index contributed by atoms with van der Waals surface area (Å²) in [5.41, 5.74) is 1.58. The predicted octanol–water partition coefficient (Wildman–Crippen LogP) is 5.54. The summed E-state index contributed by atoms with van der Waals surface area (Å²) in [5.74, 6) is 0.781. The molecule has 0 radical (unpaired) electrons. The Balaban J connectivity index is 1.72. The van der Waals surface area contributed by atoms with Gasteiger partial charge in [0.2, 0.25) is 0 Å². The van der Waals surface area contributed by atoms with Crippen molar-refractivity contribution in [3.63, 3.8) is 0 Å². The molecule has 1 N–H and O–H groups in total. The fraction of sp³-hybridized carbons (Fsp3) is 0.360. The molecule has 2 aromatic carbocycles. The van der Waals surface area contributed by atoms with Crippen LogP contribution in [0.25, 0.3) is 6.08 Å². The van der Waals surface area contributed by atoms with Crippen LogP contribution in [0.3, 0.4) is 0 Å². The van der Waals surface area contributed by atoms with Crippen LogP contribution in [0.4, 0.5) is 4.79 Å². The third-order valence-corrected chi connectivity index (χ3v) is 4.21. The second kappa shape index (κ2) is 11.2. The second-order valence-electron chi connectivity index (χ2n) is 8.12. The van der Waals surface area contributed by atoms with Gasteiger partial charge in [-0.05, 0) is 57.4 Å². The number of nitrogens with one attached hydrogen (secondary N) is 1. The molecule has 0 aliphatic carbocycles. The molecule has 2 aromatic rings. The minimum Gasteiger partial charge on any atom is -0.489 e. The summed E-state index contributed by atoms with van der Waals surface area (Å²) in [6.45, 7) is 7.56. The number of carbonyl (C=O) groups is 2. The maximum atomic E-state index is 12.2. The van der Waals surface area contributed by atoms with E-state index in [1.807, 2.05) is 66.7 Å². The maximum Gasteiger partial charge on any atom is 0.408 e. The zero-order chi connectivity index (χ0) is 22.0. The molecule has 160 valence electrons. The van der Waals surface area contributed by atoms with E-state index in [0.29, 0.717) is 19.4 Å². The molecule has 0 fully saturated rings. The smallest absolute Gasteiger partial charge is 0.408 e. The number of rotatable bonds is 9. The maximum absolute atomic E-state index is 12.2. The van der Waals surface area contributed by atoms with Crippen molar-refractivity contribution in [1.82, 2.24) is 5.32 Å². The summed E-state index contributed by atoms with van der Waals surface area (Å²) in [7, 11) is 0. The Kier molecular flexibility index (Phi) is 8.66. The number of hydrogen-bond acceptors (Lipinski definition) is 4. The van der Waals surface area contributed by atoms with Crippen LogP contribution >= 0.6 is 0 Å². The van der Waals surface area contributed by atoms with Crippen LogP contribution in [0.15, 0.2) is 60.7 Å². The number of ketones is 1. The zero-order valence-electron chi connectivity index (χ0n) is 18.2. The van der Waals surface area contributed by atoms with E-state index in [4.69, 9.17) is 9.47 Å². The van der Waals surface area contributed by atoms with Gasteiger partial charge >= 0.3 is 6.09 Å². The van der Waals surface area contributed by atoms with Crippen molar-refractivity contribution in [3.8, 4) is 5.75 Å². The molecule has 0 heterocycles. The number of benzene rings is 2. The van der Waals surface area contributed by atoms with E-state index in [1.54, 1.807) is 27.7 Å². The highest BCUT2D eigenvalue weighted by Gasteiger charge is 2.20. The second-order valence-corrected chi connectivity index (χ2v) is 8.12. The number of allylic oxidation sites excluding steroid dienone is 1. The minimum atomic E-state index is -0.586. The van der Waals surface area contributed by atoms with Crippen LogP contribution < -0.4 is 10.1 Å². The first kappa shape index (κ1) is 23.2. The van der Waals surface area contributed by atoms with Crippen LogP contribution in [0.5, 0.6) is 5.75 Å². The zero-order valence-corrected chi connectivity index (χ0v) is 18.2. The summed E-state index contributed by atoms with van der Waals surface area (Å²) in [4.78, 5) is 23.9. The van der Waals surface area contributed by atoms with Gasteiger partial charge in [0.25, 0.3) is 0 Å². The molecule has 1 atom stereocenters. The van der Waals surface area contributed by atoms with Crippen molar-refractivity contribution >= 4 is 18.0 Å². The van der Waals surface area contributed by atoms with Crippen molar-refractivity contribution in [3.05, 3.63) is 71.8 Å². The van der Waals surface area contributed by atoms with E-state index in [0.717, 1.165) is 16.9 Å². The molecule has 30 heavy (non-hydrogen) atoms. The highest BCUT2D eigenvalue weighted by Crippen LogP contribution is 2.15. The van der Waals surface area contributed by atoms with Crippen molar-refractivity contribution in [2.75, 3.05) is 0 Å². The molecule has 1 unspecified atom stereocenters. The first-order valence-electron chi connectivity index (χ1n) is 10.2. The molecule has 1 amide bonds. The summed E-state index contributed by atoms with van der Waals surface area (Å²) >= 11 is 0. The van der Waals surface area contributed by atoms with Gasteiger partial charge in [-0.15, -0.1) is 0 Å². The van der Waals surface area contributed by atoms with Crippen LogP contribution in [0, 0.1) is 0 Å². The molecule has 0 aromatic heterocycles. The summed E-state index contributed by atoms with van der Waals surface area (Å²) in [6, 6.07) is 17.3. The van der Waals surface area contributed by atoms with Crippen LogP contribution in [-0.2, 0) is 16.1 Å². The molecular formula is C25H31NO4. The fourth-order valence-corrected chi connectivity index (χ4v) is 2.64. The van der Waals surface area contributed by atoms with Gasteiger partial charge in [0.05, 0.1) is 6.04 Å². The Morgan fingerprint density at radius 1 is 1.03 bits per heavy atom. The number of carbonyl (C=O) groups excluding carboxylic acids is 2. The van der Waals surface area contributed by atoms with Gasteiger partial charge in [0.1, 0.15) is 18.0 Å². The number of amides is 1. The van der Waals surface area contributed by atoms with Gasteiger partial charge in [-0.1, -0.05) is 54.6 Å². The average molecular weight is 410 g/mol. The molecule has 0 spiro atoms. The SMILES string of the molecule is CC(NC(=O)OC(C)(C)C)C(=O)CCC=Cc1ccc(OCc2ccccc2)cc1. The topological polar surface area (TPSA) is 64.6 Å². The van der Waals surface area contributed by atoms with Crippen molar-refractivity contribution in [1.29, 1.82) is 0 Å². The van der Waals surface area contributed by atoms with Crippen molar-refractivity contribution in [2.24, 2.45) is 0 Å². The lowest BCUT2D eigenvalue weighted by Gasteiger charge is -2.21. The Bertz CT molecular complexity index is 836. The summed E-state index contributed by atoms with van der Waals surface area (Å²) < 4.78 is 10.9. The van der Waals surface area contributed by atoms with Crippen LogP contribution in [0.2, 0.25) is 0 Å². The number of hydrogen-bond donors (Lipinski definition) is 1. The first-order chi connectivity index (χ1) is 14.2. The third-order valence-electron chi connectivity index (χ3n) is 4.21. The molecule has 5 heteroatoms. The monoisotopic (exact) mass is 409 g/mol. The van der Waals surface area contributed by atoms with Crippen molar-refractivity contribution < 1.29 is 19.1 Å². The largest absolute Gasteiger partial charge is 0.489 e. The van der Waals surface area contributed by atoms with E-state index in [1.165, 1.54) is 0 Å². The van der Waals surface area contributed by atoms with Gasteiger partial charge in [-0.2, -0.15) is 0 Å². The lowest BCUT2D eigenvalue weighted by molar-refractivity contribution is -0.120. The molecule has 0 saturated heterocycles. The van der Waals surface area contributed by atoms with E-state index in [2.05, 4.69) is 5.32 Å². The van der Waals surface area contributed by atoms with Gasteiger partial charge in [-0.25, -0.2) is 4.79 Å². The number of ether oxygens (including phenoxy) is 2. The molecule has 0 aliphatic rings. The number of alkyl carbamates (subject to hydrolysis) is 1. The Labute approximate surface area is 179 Å². The first-order valence-corrected chi connectivity index (χ1v) is 10.2. The molecule has 0 bridgehead atoms. The van der Waals surface area contributed by atoms with Gasteiger partial charge in [0, 0.05) is 6.42 Å². The Morgan fingerprint density at radius 3 is 2.33 bits per heavy atom. The van der Waals surface area contributed by atoms with E-state index < -0.39 is 17.7 Å². The molecular weight excluding hydrogens is 378 g/mol. The quantitative estimate of drug-likeness (QED) is 0.590. The lowest BCUT2D eigenvalue weighted by atomic mass is 10.1. The van der Waals surface area contributed by atoms with Crippen molar-refractivity contribution in [2.45, 2.75) is 58.8 Å². The van der Waals surface area contributed by atoms with Gasteiger partial charge in [0.15, 0.2) is 5.78 Å². The molecule has 0 aliphatic heterocycles. The highest BCUT2D eigenvalue weighted by atomic mass is 16.6. The predicted molar refractivity (Wildman–Crippen MR) is 119 cm³/mol. The van der Waals surface area contributed by atoms with Gasteiger partial charge < -0.3 is 14.8 Å². The highest BCUT2D eigenvalue weighted by molar-refractivity contribution is 5.87.